The zero-order chi connectivity index (χ0) is 14.5. The Morgan fingerprint density at radius 3 is 2.75 bits per heavy atom. The van der Waals surface area contributed by atoms with Crippen molar-refractivity contribution in [2.24, 2.45) is 5.73 Å². The molecule has 0 bridgehead atoms. The Bertz CT molecular complexity index is 557. The van der Waals surface area contributed by atoms with Crippen molar-refractivity contribution in [1.82, 2.24) is 0 Å². The van der Waals surface area contributed by atoms with Gasteiger partial charge in [-0.15, -0.1) is 0 Å². The van der Waals surface area contributed by atoms with Gasteiger partial charge in [0.05, 0.1) is 6.04 Å². The van der Waals surface area contributed by atoms with Gasteiger partial charge in [0.15, 0.2) is 0 Å². The van der Waals surface area contributed by atoms with Crippen molar-refractivity contribution in [1.29, 1.82) is 0 Å². The van der Waals surface area contributed by atoms with Gasteiger partial charge in [0.2, 0.25) is 0 Å². The molecule has 1 aromatic carbocycles. The van der Waals surface area contributed by atoms with Crippen LogP contribution < -0.4 is 10.5 Å². The summed E-state index contributed by atoms with van der Waals surface area (Å²) in [6.07, 6.45) is 0. The van der Waals surface area contributed by atoms with Crippen LogP contribution in [0, 0.1) is 0 Å². The Morgan fingerprint density at radius 1 is 1.25 bits per heavy atom. The highest BCUT2D eigenvalue weighted by molar-refractivity contribution is 5.34. The minimum absolute atomic E-state index is 0.0663. The molecular weight excluding hydrogens is 268 g/mol. The average Bonchev–Trinajstić information content (AvgIpc) is 2.86. The maximum Gasteiger partial charge on any atom is 0.387 e. The molecule has 0 saturated carbocycles. The lowest BCUT2D eigenvalue weighted by Crippen LogP contribution is -2.11. The van der Waals surface area contributed by atoms with Crippen molar-refractivity contribution in [2.75, 3.05) is 7.11 Å². The second kappa shape index (κ2) is 6.49. The first-order chi connectivity index (χ1) is 9.60. The monoisotopic (exact) mass is 283 g/mol. The molecule has 6 heteroatoms. The standard InChI is InChI=1S/C14H15F2NO3/c1-18-8-11-5-6-12(19-11)13(17)9-3-2-4-10(7-9)20-14(15)16/h2-7,13-14H,8,17H2,1H3. The molecule has 0 fully saturated rings. The van der Waals surface area contributed by atoms with Crippen LogP contribution in [0.1, 0.15) is 23.1 Å². The second-order valence-electron chi connectivity index (χ2n) is 4.17. The van der Waals surface area contributed by atoms with E-state index < -0.39 is 12.7 Å². The molecule has 0 amide bonds. The van der Waals surface area contributed by atoms with Crippen LogP contribution in [0.15, 0.2) is 40.8 Å². The molecule has 1 atom stereocenters. The maximum atomic E-state index is 12.2. The molecule has 1 aromatic heterocycles. The molecule has 2 N–H and O–H groups in total. The lowest BCUT2D eigenvalue weighted by molar-refractivity contribution is -0.0498. The Hall–Kier alpha value is -1.92. The minimum atomic E-state index is -2.86. The number of nitrogens with two attached hydrogens (primary N) is 1. The molecule has 0 aliphatic carbocycles. The van der Waals surface area contributed by atoms with Gasteiger partial charge in [0, 0.05) is 7.11 Å². The first kappa shape index (κ1) is 14.5. The molecule has 1 unspecified atom stereocenters. The van der Waals surface area contributed by atoms with Crippen LogP contribution in [0.4, 0.5) is 8.78 Å². The fraction of sp³-hybridized carbons (Fsp3) is 0.286. The van der Waals surface area contributed by atoms with E-state index in [2.05, 4.69) is 4.74 Å². The van der Waals surface area contributed by atoms with E-state index in [1.54, 1.807) is 31.4 Å². The second-order valence-corrected chi connectivity index (χ2v) is 4.17. The zero-order valence-electron chi connectivity index (χ0n) is 10.9. The molecule has 0 aliphatic rings. The van der Waals surface area contributed by atoms with Gasteiger partial charge in [0.25, 0.3) is 0 Å². The number of benzene rings is 1. The molecule has 20 heavy (non-hydrogen) atoms. The number of rotatable bonds is 6. The first-order valence-corrected chi connectivity index (χ1v) is 5.98. The van der Waals surface area contributed by atoms with E-state index in [0.29, 0.717) is 23.7 Å². The third kappa shape index (κ3) is 3.55. The quantitative estimate of drug-likeness (QED) is 0.885. The topological polar surface area (TPSA) is 57.6 Å². The van der Waals surface area contributed by atoms with Gasteiger partial charge < -0.3 is 19.6 Å². The third-order valence-electron chi connectivity index (χ3n) is 2.72. The van der Waals surface area contributed by atoms with Crippen LogP contribution in [0.25, 0.3) is 0 Å². The normalized spacial score (nSPS) is 12.7. The summed E-state index contributed by atoms with van der Waals surface area (Å²) < 4.78 is 39.2. The van der Waals surface area contributed by atoms with Crippen molar-refractivity contribution in [2.45, 2.75) is 19.3 Å². The zero-order valence-corrected chi connectivity index (χ0v) is 10.9. The molecule has 4 nitrogen and oxygen atoms in total. The minimum Gasteiger partial charge on any atom is -0.462 e. The van der Waals surface area contributed by atoms with Crippen LogP contribution in [-0.2, 0) is 11.3 Å². The summed E-state index contributed by atoms with van der Waals surface area (Å²) in [5.41, 5.74) is 6.67. The Kier molecular flexibility index (Phi) is 4.70. The van der Waals surface area contributed by atoms with Crippen molar-refractivity contribution < 1.29 is 22.7 Å². The SMILES string of the molecule is COCc1ccc(C(N)c2cccc(OC(F)F)c2)o1. The molecule has 0 aliphatic heterocycles. The van der Waals surface area contributed by atoms with Gasteiger partial charge in [-0.3, -0.25) is 0 Å². The predicted octanol–water partition coefficient (Wildman–Crippen LogP) is 3.08. The largest absolute Gasteiger partial charge is 0.462 e. The molecule has 2 aromatic rings. The molecule has 108 valence electrons. The van der Waals surface area contributed by atoms with Gasteiger partial charge in [-0.25, -0.2) is 0 Å². The number of furan rings is 1. The van der Waals surface area contributed by atoms with Crippen molar-refractivity contribution in [3.63, 3.8) is 0 Å². The first-order valence-electron chi connectivity index (χ1n) is 5.98. The number of alkyl halides is 2. The van der Waals surface area contributed by atoms with E-state index in [9.17, 15) is 8.78 Å². The summed E-state index contributed by atoms with van der Waals surface area (Å²) in [4.78, 5) is 0. The van der Waals surface area contributed by atoms with E-state index in [0.717, 1.165) is 0 Å². The number of halogens is 2. The van der Waals surface area contributed by atoms with E-state index in [1.807, 2.05) is 0 Å². The molecule has 0 spiro atoms. The number of hydrogen-bond acceptors (Lipinski definition) is 4. The maximum absolute atomic E-state index is 12.2. The summed E-state index contributed by atoms with van der Waals surface area (Å²) in [6.45, 7) is -2.51. The van der Waals surface area contributed by atoms with Crippen LogP contribution in [0.2, 0.25) is 0 Å². The summed E-state index contributed by atoms with van der Waals surface area (Å²) in [5.74, 6) is 1.25. The van der Waals surface area contributed by atoms with Gasteiger partial charge in [0.1, 0.15) is 23.9 Å². The van der Waals surface area contributed by atoms with Gasteiger partial charge in [-0.2, -0.15) is 8.78 Å². The summed E-state index contributed by atoms with van der Waals surface area (Å²) in [5, 5.41) is 0. The molecule has 0 saturated heterocycles. The van der Waals surface area contributed by atoms with Crippen LogP contribution >= 0.6 is 0 Å². The number of hydrogen-bond donors (Lipinski definition) is 1. The number of ether oxygens (including phenoxy) is 2. The fourth-order valence-electron chi connectivity index (χ4n) is 1.83. The predicted molar refractivity (Wildman–Crippen MR) is 68.5 cm³/mol. The molecule has 1 heterocycles. The summed E-state index contributed by atoms with van der Waals surface area (Å²) >= 11 is 0. The fourth-order valence-corrected chi connectivity index (χ4v) is 1.83. The number of methoxy groups -OCH3 is 1. The Labute approximate surface area is 115 Å². The average molecular weight is 283 g/mol. The highest BCUT2D eigenvalue weighted by Crippen LogP contribution is 2.25. The van der Waals surface area contributed by atoms with Gasteiger partial charge in [-0.1, -0.05) is 12.1 Å². The van der Waals surface area contributed by atoms with Gasteiger partial charge in [-0.05, 0) is 29.8 Å². The third-order valence-corrected chi connectivity index (χ3v) is 2.72. The van der Waals surface area contributed by atoms with Crippen molar-refractivity contribution in [3.8, 4) is 5.75 Å². The van der Waals surface area contributed by atoms with Crippen molar-refractivity contribution >= 4 is 0 Å². The lowest BCUT2D eigenvalue weighted by Gasteiger charge is -2.11. The lowest BCUT2D eigenvalue weighted by atomic mass is 10.1. The Balaban J connectivity index is 2.16. The van der Waals surface area contributed by atoms with Crippen LogP contribution in [-0.4, -0.2) is 13.7 Å². The van der Waals surface area contributed by atoms with E-state index in [4.69, 9.17) is 14.9 Å². The Morgan fingerprint density at radius 2 is 2.05 bits per heavy atom. The van der Waals surface area contributed by atoms with Crippen molar-refractivity contribution in [3.05, 3.63) is 53.5 Å². The highest BCUT2D eigenvalue weighted by atomic mass is 19.3. The van der Waals surface area contributed by atoms with Crippen LogP contribution in [0.3, 0.4) is 0 Å². The highest BCUT2D eigenvalue weighted by Gasteiger charge is 2.15. The van der Waals surface area contributed by atoms with E-state index in [-0.39, 0.29) is 5.75 Å². The van der Waals surface area contributed by atoms with E-state index >= 15 is 0 Å². The molecule has 0 radical (unpaired) electrons. The van der Waals surface area contributed by atoms with Crippen LogP contribution in [0.5, 0.6) is 5.75 Å². The molecule has 2 rings (SSSR count). The van der Waals surface area contributed by atoms with Gasteiger partial charge >= 0.3 is 6.61 Å². The molecular formula is C14H15F2NO3. The van der Waals surface area contributed by atoms with E-state index in [1.165, 1.54) is 12.1 Å². The smallest absolute Gasteiger partial charge is 0.387 e. The summed E-state index contributed by atoms with van der Waals surface area (Å²) in [6, 6.07) is 9.18. The summed E-state index contributed by atoms with van der Waals surface area (Å²) in [7, 11) is 1.56.